The molecular weight excluding hydrogens is 270 g/mol. The molecule has 1 atom stereocenters. The Labute approximate surface area is 116 Å². The van der Waals surface area contributed by atoms with Gasteiger partial charge in [-0.25, -0.2) is 0 Å². The smallest absolute Gasteiger partial charge is 0.308 e. The molecule has 5 nitrogen and oxygen atoms in total. The van der Waals surface area contributed by atoms with Crippen molar-refractivity contribution < 1.29 is 19.8 Å². The fraction of sp³-hybridized carbons (Fsp3) is 0.385. The Kier molecular flexibility index (Phi) is 5.63. The number of phenols is 1. The van der Waals surface area contributed by atoms with Crippen LogP contribution in [0.2, 0.25) is 5.02 Å². The second-order valence-electron chi connectivity index (χ2n) is 4.20. The van der Waals surface area contributed by atoms with Crippen molar-refractivity contribution in [2.75, 3.05) is 6.54 Å². The summed E-state index contributed by atoms with van der Waals surface area (Å²) in [6.07, 6.45) is 1.20. The Bertz CT molecular complexity index is 476. The van der Waals surface area contributed by atoms with E-state index in [9.17, 15) is 14.7 Å². The van der Waals surface area contributed by atoms with Crippen molar-refractivity contribution in [3.63, 3.8) is 0 Å². The van der Waals surface area contributed by atoms with Gasteiger partial charge in [-0.2, -0.15) is 0 Å². The minimum Gasteiger partial charge on any atom is -0.507 e. The van der Waals surface area contributed by atoms with Crippen LogP contribution < -0.4 is 5.32 Å². The highest BCUT2D eigenvalue weighted by Crippen LogP contribution is 2.21. The van der Waals surface area contributed by atoms with Crippen molar-refractivity contribution in [3.8, 4) is 5.75 Å². The highest BCUT2D eigenvalue weighted by atomic mass is 35.5. The Morgan fingerprint density at radius 2 is 2.11 bits per heavy atom. The Morgan fingerprint density at radius 1 is 1.42 bits per heavy atom. The Balaban J connectivity index is 2.69. The number of carbonyl (C=O) groups excluding carboxylic acids is 1. The van der Waals surface area contributed by atoms with Crippen LogP contribution >= 0.6 is 11.6 Å². The van der Waals surface area contributed by atoms with E-state index in [1.807, 2.05) is 6.92 Å². The molecule has 3 N–H and O–H groups in total. The fourth-order valence-corrected chi connectivity index (χ4v) is 1.83. The molecule has 1 unspecified atom stereocenters. The quantitative estimate of drug-likeness (QED) is 0.748. The van der Waals surface area contributed by atoms with Crippen molar-refractivity contribution in [1.29, 1.82) is 0 Å². The highest BCUT2D eigenvalue weighted by molar-refractivity contribution is 6.31. The van der Waals surface area contributed by atoms with E-state index in [0.717, 1.165) is 6.42 Å². The maximum atomic E-state index is 11.8. The first-order valence-electron chi connectivity index (χ1n) is 5.95. The average Bonchev–Trinajstić information content (AvgIpc) is 2.36. The van der Waals surface area contributed by atoms with Gasteiger partial charge < -0.3 is 15.5 Å². The molecule has 0 radical (unpaired) electrons. The Hall–Kier alpha value is -1.75. The van der Waals surface area contributed by atoms with Gasteiger partial charge >= 0.3 is 5.97 Å². The maximum Gasteiger partial charge on any atom is 0.308 e. The van der Waals surface area contributed by atoms with Gasteiger partial charge in [0, 0.05) is 11.6 Å². The predicted octanol–water partition coefficient (Wildman–Crippen LogP) is 2.28. The van der Waals surface area contributed by atoms with Gasteiger partial charge in [0.05, 0.1) is 11.5 Å². The first kappa shape index (κ1) is 15.3. The second kappa shape index (κ2) is 6.99. The summed E-state index contributed by atoms with van der Waals surface area (Å²) in [6.45, 7) is 1.90. The zero-order valence-corrected chi connectivity index (χ0v) is 11.3. The molecule has 0 aliphatic heterocycles. The van der Waals surface area contributed by atoms with E-state index in [0.29, 0.717) is 11.4 Å². The summed E-state index contributed by atoms with van der Waals surface area (Å²) in [4.78, 5) is 22.8. The number of benzene rings is 1. The summed E-state index contributed by atoms with van der Waals surface area (Å²) < 4.78 is 0. The molecular formula is C13H16ClNO4. The molecule has 6 heteroatoms. The highest BCUT2D eigenvalue weighted by Gasteiger charge is 2.19. The molecule has 0 fully saturated rings. The lowest BCUT2D eigenvalue weighted by molar-refractivity contribution is -0.141. The number of aliphatic carboxylic acids is 1. The number of halogens is 1. The van der Waals surface area contributed by atoms with Crippen LogP contribution in [0, 0.1) is 5.92 Å². The molecule has 104 valence electrons. The number of phenolic OH excluding ortho intramolecular Hbond substituents is 1. The molecule has 1 amide bonds. The zero-order chi connectivity index (χ0) is 14.4. The standard InChI is InChI=1S/C13H16ClNO4/c1-2-3-8(13(18)19)7-15-12(17)10-6-9(14)4-5-11(10)16/h4-6,8,16H,2-3,7H2,1H3,(H,15,17)(H,18,19). The summed E-state index contributed by atoms with van der Waals surface area (Å²) in [5.41, 5.74) is 0.0353. The van der Waals surface area contributed by atoms with Crippen LogP contribution in [0.5, 0.6) is 5.75 Å². The third-order valence-electron chi connectivity index (χ3n) is 2.70. The molecule has 0 aliphatic carbocycles. The third-order valence-corrected chi connectivity index (χ3v) is 2.93. The lowest BCUT2D eigenvalue weighted by Gasteiger charge is -2.13. The molecule has 0 aromatic heterocycles. The van der Waals surface area contributed by atoms with Crippen molar-refractivity contribution in [1.82, 2.24) is 5.32 Å². The van der Waals surface area contributed by atoms with E-state index in [1.54, 1.807) is 0 Å². The van der Waals surface area contributed by atoms with Crippen molar-refractivity contribution >= 4 is 23.5 Å². The van der Waals surface area contributed by atoms with Crippen LogP contribution in [0.1, 0.15) is 30.1 Å². The minimum atomic E-state index is -0.947. The summed E-state index contributed by atoms with van der Waals surface area (Å²) >= 11 is 5.74. The lowest BCUT2D eigenvalue weighted by Crippen LogP contribution is -2.32. The van der Waals surface area contributed by atoms with E-state index < -0.39 is 17.8 Å². The second-order valence-corrected chi connectivity index (χ2v) is 4.63. The third kappa shape index (κ3) is 4.44. The molecule has 0 heterocycles. The number of aromatic hydroxyl groups is 1. The van der Waals surface area contributed by atoms with Gasteiger partial charge in [-0.05, 0) is 24.6 Å². The first-order valence-corrected chi connectivity index (χ1v) is 6.33. The van der Waals surface area contributed by atoms with Crippen LogP contribution in [-0.4, -0.2) is 28.6 Å². The van der Waals surface area contributed by atoms with Crippen molar-refractivity contribution in [2.24, 2.45) is 5.92 Å². The monoisotopic (exact) mass is 285 g/mol. The number of rotatable bonds is 6. The molecule has 0 bridgehead atoms. The van der Waals surface area contributed by atoms with Gasteiger partial charge in [-0.1, -0.05) is 24.9 Å². The molecule has 0 saturated carbocycles. The van der Waals surface area contributed by atoms with Crippen molar-refractivity contribution in [3.05, 3.63) is 28.8 Å². The van der Waals surface area contributed by atoms with E-state index in [1.165, 1.54) is 18.2 Å². The molecule has 1 aromatic carbocycles. The van der Waals surface area contributed by atoms with Crippen LogP contribution in [0.4, 0.5) is 0 Å². The fourth-order valence-electron chi connectivity index (χ4n) is 1.66. The molecule has 0 aliphatic rings. The normalized spacial score (nSPS) is 11.9. The first-order chi connectivity index (χ1) is 8.95. The number of hydrogen-bond donors (Lipinski definition) is 3. The van der Waals surface area contributed by atoms with Crippen LogP contribution in [0.25, 0.3) is 0 Å². The minimum absolute atomic E-state index is 0.0218. The summed E-state index contributed by atoms with van der Waals surface area (Å²) in [7, 11) is 0. The van der Waals surface area contributed by atoms with E-state index in [4.69, 9.17) is 16.7 Å². The molecule has 0 saturated heterocycles. The summed E-state index contributed by atoms with van der Waals surface area (Å²) in [5.74, 6) is -2.31. The molecule has 19 heavy (non-hydrogen) atoms. The molecule has 1 rings (SSSR count). The van der Waals surface area contributed by atoms with Gasteiger partial charge in [-0.15, -0.1) is 0 Å². The van der Waals surface area contributed by atoms with Crippen LogP contribution in [0.3, 0.4) is 0 Å². The molecule has 0 spiro atoms. The van der Waals surface area contributed by atoms with E-state index in [-0.39, 0.29) is 17.9 Å². The summed E-state index contributed by atoms with van der Waals surface area (Å²) in [6, 6.07) is 4.12. The van der Waals surface area contributed by atoms with Crippen molar-refractivity contribution in [2.45, 2.75) is 19.8 Å². The maximum absolute atomic E-state index is 11.8. The van der Waals surface area contributed by atoms with Gasteiger partial charge in [0.25, 0.3) is 5.91 Å². The number of carboxylic acid groups (broad SMARTS) is 1. The number of nitrogens with one attached hydrogen (secondary N) is 1. The van der Waals surface area contributed by atoms with E-state index in [2.05, 4.69) is 5.32 Å². The number of amides is 1. The van der Waals surface area contributed by atoms with Gasteiger partial charge in [0.15, 0.2) is 0 Å². The number of carboxylic acids is 1. The zero-order valence-electron chi connectivity index (χ0n) is 10.5. The predicted molar refractivity (Wildman–Crippen MR) is 71.5 cm³/mol. The van der Waals surface area contributed by atoms with Gasteiger partial charge in [0.2, 0.25) is 0 Å². The summed E-state index contributed by atoms with van der Waals surface area (Å²) in [5, 5.41) is 21.3. The topological polar surface area (TPSA) is 86.6 Å². The average molecular weight is 286 g/mol. The van der Waals surface area contributed by atoms with Gasteiger partial charge in [-0.3, -0.25) is 9.59 Å². The lowest BCUT2D eigenvalue weighted by atomic mass is 10.0. The van der Waals surface area contributed by atoms with Crippen LogP contribution in [0.15, 0.2) is 18.2 Å². The van der Waals surface area contributed by atoms with E-state index >= 15 is 0 Å². The van der Waals surface area contributed by atoms with Crippen LogP contribution in [-0.2, 0) is 4.79 Å². The number of hydrogen-bond acceptors (Lipinski definition) is 3. The Morgan fingerprint density at radius 3 is 2.68 bits per heavy atom. The molecule has 1 aromatic rings. The largest absolute Gasteiger partial charge is 0.507 e. The SMILES string of the molecule is CCCC(CNC(=O)c1cc(Cl)ccc1O)C(=O)O. The number of carbonyl (C=O) groups is 2. The van der Waals surface area contributed by atoms with Gasteiger partial charge in [0.1, 0.15) is 5.75 Å².